The number of amides is 2. The molecule has 2 aliphatic rings. The Balaban J connectivity index is 2.00. The summed E-state index contributed by atoms with van der Waals surface area (Å²) < 4.78 is 0. The second-order valence-corrected chi connectivity index (χ2v) is 5.69. The van der Waals surface area contributed by atoms with Crippen molar-refractivity contribution in [3.8, 4) is 11.8 Å². The third kappa shape index (κ3) is 2.33. The fourth-order valence-corrected chi connectivity index (χ4v) is 3.33. The van der Waals surface area contributed by atoms with Crippen molar-refractivity contribution in [3.05, 3.63) is 28.8 Å². The molecule has 1 saturated heterocycles. The summed E-state index contributed by atoms with van der Waals surface area (Å²) in [6.45, 7) is -0.246. The van der Waals surface area contributed by atoms with Crippen molar-refractivity contribution in [3.63, 3.8) is 0 Å². The van der Waals surface area contributed by atoms with Crippen LogP contribution in [-0.2, 0) is 9.59 Å². The number of hydrogen-bond donors (Lipinski definition) is 1. The molecule has 0 aromatic heterocycles. The van der Waals surface area contributed by atoms with Crippen LogP contribution in [0.15, 0.2) is 18.2 Å². The van der Waals surface area contributed by atoms with Gasteiger partial charge in [0.05, 0.1) is 22.5 Å². The van der Waals surface area contributed by atoms with Crippen LogP contribution in [0.25, 0.3) is 0 Å². The standard InChI is InChI=1S/C16H14ClNO3/c17-13-7-6-10(3-2-8-19)9-14(13)18-15(20)11-4-1-5-12(11)16(18)21/h6-7,9,11-12,19H,1,4-5,8H2. The van der Waals surface area contributed by atoms with E-state index < -0.39 is 0 Å². The van der Waals surface area contributed by atoms with Gasteiger partial charge in [-0.3, -0.25) is 9.59 Å². The van der Waals surface area contributed by atoms with E-state index in [1.807, 2.05) is 0 Å². The molecule has 4 nitrogen and oxygen atoms in total. The van der Waals surface area contributed by atoms with E-state index in [0.29, 0.717) is 16.3 Å². The fourth-order valence-electron chi connectivity index (χ4n) is 3.13. The van der Waals surface area contributed by atoms with Gasteiger partial charge in [0.2, 0.25) is 11.8 Å². The number of rotatable bonds is 1. The number of halogens is 1. The highest BCUT2D eigenvalue weighted by atomic mass is 35.5. The largest absolute Gasteiger partial charge is 0.384 e. The van der Waals surface area contributed by atoms with Crippen molar-refractivity contribution < 1.29 is 14.7 Å². The Labute approximate surface area is 127 Å². The van der Waals surface area contributed by atoms with Gasteiger partial charge in [-0.2, -0.15) is 0 Å². The van der Waals surface area contributed by atoms with Crippen LogP contribution in [0.1, 0.15) is 24.8 Å². The molecule has 1 aromatic carbocycles. The summed E-state index contributed by atoms with van der Waals surface area (Å²) in [5.41, 5.74) is 1.01. The Morgan fingerprint density at radius 3 is 2.52 bits per heavy atom. The van der Waals surface area contributed by atoms with Crippen LogP contribution in [0.3, 0.4) is 0 Å². The average molecular weight is 304 g/mol. The Bertz CT molecular complexity index is 652. The molecule has 5 heteroatoms. The molecule has 1 heterocycles. The van der Waals surface area contributed by atoms with Gasteiger partial charge in [0.25, 0.3) is 0 Å². The summed E-state index contributed by atoms with van der Waals surface area (Å²) in [7, 11) is 0. The first-order chi connectivity index (χ1) is 10.1. The molecule has 1 aliphatic heterocycles. The summed E-state index contributed by atoms with van der Waals surface area (Å²) in [5.74, 6) is 4.60. The Hall–Kier alpha value is -1.83. The molecule has 0 radical (unpaired) electrons. The minimum absolute atomic E-state index is 0.156. The predicted molar refractivity (Wildman–Crippen MR) is 78.7 cm³/mol. The van der Waals surface area contributed by atoms with Crippen molar-refractivity contribution in [2.75, 3.05) is 11.5 Å². The smallest absolute Gasteiger partial charge is 0.237 e. The zero-order valence-electron chi connectivity index (χ0n) is 11.3. The quantitative estimate of drug-likeness (QED) is 0.637. The molecule has 108 valence electrons. The van der Waals surface area contributed by atoms with Crippen molar-refractivity contribution in [2.45, 2.75) is 19.3 Å². The molecule has 2 unspecified atom stereocenters. The first-order valence-corrected chi connectivity index (χ1v) is 7.28. The number of carbonyl (C=O) groups is 2. The number of hydrogen-bond acceptors (Lipinski definition) is 3. The normalized spacial score (nSPS) is 24.0. The number of benzene rings is 1. The maximum Gasteiger partial charge on any atom is 0.237 e. The van der Waals surface area contributed by atoms with E-state index in [9.17, 15) is 9.59 Å². The zero-order valence-corrected chi connectivity index (χ0v) is 12.1. The Morgan fingerprint density at radius 1 is 1.24 bits per heavy atom. The van der Waals surface area contributed by atoms with Crippen LogP contribution < -0.4 is 4.90 Å². The molecule has 21 heavy (non-hydrogen) atoms. The van der Waals surface area contributed by atoms with Gasteiger partial charge in [0.1, 0.15) is 6.61 Å². The molecule has 1 aromatic rings. The van der Waals surface area contributed by atoms with Gasteiger partial charge < -0.3 is 5.11 Å². The third-order valence-electron chi connectivity index (χ3n) is 4.09. The molecule has 2 fully saturated rings. The van der Waals surface area contributed by atoms with Gasteiger partial charge in [-0.15, -0.1) is 0 Å². The van der Waals surface area contributed by atoms with E-state index in [2.05, 4.69) is 11.8 Å². The topological polar surface area (TPSA) is 57.6 Å². The van der Waals surface area contributed by atoms with Crippen LogP contribution >= 0.6 is 11.6 Å². The lowest BCUT2D eigenvalue weighted by atomic mass is 10.00. The lowest BCUT2D eigenvalue weighted by molar-refractivity contribution is -0.122. The molecular formula is C16H14ClNO3. The van der Waals surface area contributed by atoms with E-state index >= 15 is 0 Å². The zero-order chi connectivity index (χ0) is 15.0. The van der Waals surface area contributed by atoms with E-state index in [1.165, 1.54) is 4.90 Å². The number of anilines is 1. The highest BCUT2D eigenvalue weighted by Gasteiger charge is 2.50. The summed E-state index contributed by atoms with van der Waals surface area (Å²) in [4.78, 5) is 26.1. The average Bonchev–Trinajstić information content (AvgIpc) is 3.04. The van der Waals surface area contributed by atoms with Crippen molar-refractivity contribution in [1.29, 1.82) is 0 Å². The van der Waals surface area contributed by atoms with Crippen molar-refractivity contribution in [1.82, 2.24) is 0 Å². The van der Waals surface area contributed by atoms with Crippen molar-refractivity contribution >= 4 is 29.1 Å². The lowest BCUT2D eigenvalue weighted by Crippen LogP contribution is -2.31. The summed E-state index contributed by atoms with van der Waals surface area (Å²) in [6.07, 6.45) is 2.47. The molecule has 2 amide bonds. The van der Waals surface area contributed by atoms with Gasteiger partial charge >= 0.3 is 0 Å². The van der Waals surface area contributed by atoms with Crippen LogP contribution in [-0.4, -0.2) is 23.5 Å². The summed E-state index contributed by atoms with van der Waals surface area (Å²) in [5, 5.41) is 9.09. The molecule has 0 spiro atoms. The van der Waals surface area contributed by atoms with Gasteiger partial charge in [-0.05, 0) is 31.0 Å². The molecule has 1 saturated carbocycles. The van der Waals surface area contributed by atoms with Crippen LogP contribution in [0.4, 0.5) is 5.69 Å². The van der Waals surface area contributed by atoms with E-state index in [0.717, 1.165) is 19.3 Å². The maximum absolute atomic E-state index is 12.4. The van der Waals surface area contributed by atoms with Gasteiger partial charge in [-0.25, -0.2) is 4.90 Å². The minimum Gasteiger partial charge on any atom is -0.384 e. The molecule has 3 rings (SSSR count). The van der Waals surface area contributed by atoms with E-state index in [-0.39, 0.29) is 30.3 Å². The highest BCUT2D eigenvalue weighted by molar-refractivity contribution is 6.36. The highest BCUT2D eigenvalue weighted by Crippen LogP contribution is 2.43. The van der Waals surface area contributed by atoms with E-state index in [4.69, 9.17) is 16.7 Å². The number of aliphatic hydroxyl groups is 1. The fraction of sp³-hybridized carbons (Fsp3) is 0.375. The SMILES string of the molecule is O=C1C2CCCC2C(=O)N1c1cc(C#CCO)ccc1Cl. The summed E-state index contributed by atoms with van der Waals surface area (Å²) in [6, 6.07) is 4.94. The first-order valence-electron chi connectivity index (χ1n) is 6.90. The second-order valence-electron chi connectivity index (χ2n) is 5.28. The number of imide groups is 1. The van der Waals surface area contributed by atoms with Gasteiger partial charge in [0, 0.05) is 5.56 Å². The number of nitrogens with zero attached hydrogens (tertiary/aromatic N) is 1. The summed E-state index contributed by atoms with van der Waals surface area (Å²) >= 11 is 6.15. The predicted octanol–water partition coefficient (Wildman–Crippen LogP) is 1.97. The van der Waals surface area contributed by atoms with Crippen LogP contribution in [0.5, 0.6) is 0 Å². The number of carbonyl (C=O) groups excluding carboxylic acids is 2. The van der Waals surface area contributed by atoms with Gasteiger partial charge in [0.15, 0.2) is 0 Å². The third-order valence-corrected chi connectivity index (χ3v) is 4.41. The van der Waals surface area contributed by atoms with Crippen LogP contribution in [0, 0.1) is 23.7 Å². The molecular weight excluding hydrogens is 290 g/mol. The number of aliphatic hydroxyl groups excluding tert-OH is 1. The van der Waals surface area contributed by atoms with Gasteiger partial charge in [-0.1, -0.05) is 29.9 Å². The molecule has 1 N–H and O–H groups in total. The van der Waals surface area contributed by atoms with Crippen molar-refractivity contribution in [2.24, 2.45) is 11.8 Å². The lowest BCUT2D eigenvalue weighted by Gasteiger charge is -2.17. The molecule has 0 bridgehead atoms. The maximum atomic E-state index is 12.4. The molecule has 2 atom stereocenters. The van der Waals surface area contributed by atoms with E-state index in [1.54, 1.807) is 18.2 Å². The Kier molecular flexibility index (Phi) is 3.71. The molecule has 1 aliphatic carbocycles. The van der Waals surface area contributed by atoms with Crippen LogP contribution in [0.2, 0.25) is 5.02 Å². The second kappa shape index (κ2) is 5.51. The Morgan fingerprint density at radius 2 is 1.90 bits per heavy atom. The first kappa shape index (κ1) is 14.1. The number of fused-ring (bicyclic) bond motifs is 1. The monoisotopic (exact) mass is 303 g/mol. The minimum atomic E-state index is -0.246.